The van der Waals surface area contributed by atoms with Crippen molar-refractivity contribution in [1.29, 1.82) is 0 Å². The molecule has 0 fully saturated rings. The van der Waals surface area contributed by atoms with Gasteiger partial charge in [0.05, 0.1) is 10.0 Å². The molecule has 0 spiro atoms. The molecule has 0 aliphatic rings. The molecule has 0 radical (unpaired) electrons. The molecule has 0 aromatic heterocycles. The number of benzene rings is 1. The third kappa shape index (κ3) is 1.39. The Morgan fingerprint density at radius 2 is 1.17 bits per heavy atom. The van der Waals surface area contributed by atoms with Crippen LogP contribution < -0.4 is 0 Å². The van der Waals surface area contributed by atoms with Gasteiger partial charge in [0.25, 0.3) is 0 Å². The van der Waals surface area contributed by atoms with E-state index >= 15 is 0 Å². The Hall–Kier alpha value is -0.0600. The summed E-state index contributed by atoms with van der Waals surface area (Å²) in [4.78, 5) is -0.310. The first-order chi connectivity index (χ1) is 5.46. The first-order valence-electron chi connectivity index (χ1n) is 2.67. The summed E-state index contributed by atoms with van der Waals surface area (Å²) in [6.07, 6.45) is 0. The number of halogens is 5. The van der Waals surface area contributed by atoms with Crippen molar-refractivity contribution in [1.82, 2.24) is 0 Å². The minimum absolute atomic E-state index is 0.310. The normalized spacial score (nSPS) is 10.5. The third-order valence-electron chi connectivity index (χ3n) is 1.19. The molecule has 0 saturated heterocycles. The van der Waals surface area contributed by atoms with Crippen molar-refractivity contribution in [2.24, 2.45) is 0 Å². The Labute approximate surface area is 81.7 Å². The Morgan fingerprint density at radius 1 is 0.833 bits per heavy atom. The van der Waals surface area contributed by atoms with Gasteiger partial charge in [0.2, 0.25) is 0 Å². The van der Waals surface area contributed by atoms with Crippen LogP contribution in [0.3, 0.4) is 0 Å². The van der Waals surface area contributed by atoms with Crippen LogP contribution in [0.25, 0.3) is 0 Å². The largest absolute Gasteiger partial charge is 0.202 e. The minimum Gasteiger partial charge on any atom is -0.202 e. The summed E-state index contributed by atoms with van der Waals surface area (Å²) in [7, 11) is 0. The molecule has 0 aliphatic heterocycles. The Bertz CT molecular complexity index is 235. The standard InChI is InChI=1S/C6HCl2F3S/c7-1-3(9)5(11)4(10)2(8)6(1)12/h12H. The van der Waals surface area contributed by atoms with E-state index in [-0.39, 0.29) is 4.90 Å². The maximum Gasteiger partial charge on any atom is 0.197 e. The van der Waals surface area contributed by atoms with Crippen LogP contribution in [0.2, 0.25) is 10.0 Å². The molecule has 1 aromatic carbocycles. The van der Waals surface area contributed by atoms with Gasteiger partial charge in [-0.15, -0.1) is 12.6 Å². The minimum atomic E-state index is -1.69. The predicted octanol–water partition coefficient (Wildman–Crippen LogP) is 3.70. The van der Waals surface area contributed by atoms with E-state index in [1.54, 1.807) is 0 Å². The van der Waals surface area contributed by atoms with E-state index in [1.807, 2.05) is 0 Å². The molecule has 0 atom stereocenters. The van der Waals surface area contributed by atoms with Crippen molar-refractivity contribution in [3.63, 3.8) is 0 Å². The highest BCUT2D eigenvalue weighted by molar-refractivity contribution is 7.80. The summed E-state index contributed by atoms with van der Waals surface area (Å²) in [6.45, 7) is 0. The topological polar surface area (TPSA) is 0 Å². The van der Waals surface area contributed by atoms with Crippen LogP contribution in [-0.2, 0) is 0 Å². The van der Waals surface area contributed by atoms with Gasteiger partial charge < -0.3 is 0 Å². The van der Waals surface area contributed by atoms with Crippen molar-refractivity contribution in [2.45, 2.75) is 4.90 Å². The van der Waals surface area contributed by atoms with Crippen LogP contribution in [0.5, 0.6) is 0 Å². The van der Waals surface area contributed by atoms with Gasteiger partial charge in [-0.1, -0.05) is 23.2 Å². The molecule has 0 heterocycles. The lowest BCUT2D eigenvalue weighted by Crippen LogP contribution is -1.94. The molecular formula is C6HCl2F3S. The van der Waals surface area contributed by atoms with E-state index in [9.17, 15) is 13.2 Å². The highest BCUT2D eigenvalue weighted by Crippen LogP contribution is 2.34. The fourth-order valence-corrected chi connectivity index (χ4v) is 1.19. The lowest BCUT2D eigenvalue weighted by atomic mass is 10.3. The van der Waals surface area contributed by atoms with E-state index in [0.717, 1.165) is 0 Å². The molecule has 66 valence electrons. The molecule has 0 amide bonds. The Morgan fingerprint density at radius 3 is 1.50 bits per heavy atom. The second-order valence-electron chi connectivity index (χ2n) is 1.92. The third-order valence-corrected chi connectivity index (χ3v) is 2.61. The average Bonchev–Trinajstić information content (AvgIpc) is 2.08. The van der Waals surface area contributed by atoms with Crippen LogP contribution in [-0.4, -0.2) is 0 Å². The maximum absolute atomic E-state index is 12.6. The molecule has 6 heteroatoms. The predicted molar refractivity (Wildman–Crippen MR) is 43.6 cm³/mol. The highest BCUT2D eigenvalue weighted by Gasteiger charge is 2.20. The van der Waals surface area contributed by atoms with Crippen molar-refractivity contribution >= 4 is 35.8 Å². The molecule has 0 N–H and O–H groups in total. The molecule has 0 nitrogen and oxygen atoms in total. The fourth-order valence-electron chi connectivity index (χ4n) is 0.593. The first-order valence-corrected chi connectivity index (χ1v) is 3.87. The highest BCUT2D eigenvalue weighted by atomic mass is 35.5. The summed E-state index contributed by atoms with van der Waals surface area (Å²) in [5, 5.41) is -1.25. The molecule has 0 saturated carbocycles. The van der Waals surface area contributed by atoms with Gasteiger partial charge in [0, 0.05) is 4.90 Å². The number of hydrogen-bond acceptors (Lipinski definition) is 1. The zero-order valence-electron chi connectivity index (χ0n) is 5.34. The van der Waals surface area contributed by atoms with E-state index in [0.29, 0.717) is 0 Å². The van der Waals surface area contributed by atoms with Crippen LogP contribution in [0, 0.1) is 17.5 Å². The van der Waals surface area contributed by atoms with E-state index in [4.69, 9.17) is 23.2 Å². The van der Waals surface area contributed by atoms with Gasteiger partial charge in [-0.25, -0.2) is 13.2 Å². The second-order valence-corrected chi connectivity index (χ2v) is 3.12. The molecule has 0 unspecified atom stereocenters. The van der Waals surface area contributed by atoms with Gasteiger partial charge in [-0.05, 0) is 0 Å². The van der Waals surface area contributed by atoms with Gasteiger partial charge >= 0.3 is 0 Å². The summed E-state index contributed by atoms with van der Waals surface area (Å²) < 4.78 is 37.6. The lowest BCUT2D eigenvalue weighted by Gasteiger charge is -2.03. The van der Waals surface area contributed by atoms with Crippen molar-refractivity contribution < 1.29 is 13.2 Å². The van der Waals surface area contributed by atoms with Crippen LogP contribution in [0.15, 0.2) is 4.90 Å². The van der Waals surface area contributed by atoms with Crippen molar-refractivity contribution in [2.75, 3.05) is 0 Å². The van der Waals surface area contributed by atoms with E-state index in [2.05, 4.69) is 12.6 Å². The molecule has 1 rings (SSSR count). The summed E-state index contributed by atoms with van der Waals surface area (Å²) in [5.74, 6) is -4.66. The lowest BCUT2D eigenvalue weighted by molar-refractivity contribution is 0.444. The molecule has 0 aliphatic carbocycles. The van der Waals surface area contributed by atoms with Crippen LogP contribution >= 0.6 is 35.8 Å². The van der Waals surface area contributed by atoms with E-state index < -0.39 is 27.5 Å². The Balaban J connectivity index is 3.60. The smallest absolute Gasteiger partial charge is 0.197 e. The molecule has 0 bridgehead atoms. The van der Waals surface area contributed by atoms with Crippen LogP contribution in [0.1, 0.15) is 0 Å². The van der Waals surface area contributed by atoms with Gasteiger partial charge in [0.1, 0.15) is 0 Å². The van der Waals surface area contributed by atoms with Gasteiger partial charge in [0.15, 0.2) is 17.5 Å². The van der Waals surface area contributed by atoms with Crippen molar-refractivity contribution in [3.05, 3.63) is 27.5 Å². The van der Waals surface area contributed by atoms with Crippen molar-refractivity contribution in [3.8, 4) is 0 Å². The maximum atomic E-state index is 12.6. The fraction of sp³-hybridized carbons (Fsp3) is 0. The quantitative estimate of drug-likeness (QED) is 0.394. The zero-order chi connectivity index (χ0) is 9.46. The second kappa shape index (κ2) is 3.36. The monoisotopic (exact) mass is 232 g/mol. The summed E-state index contributed by atoms with van der Waals surface area (Å²) in [6, 6.07) is 0. The zero-order valence-corrected chi connectivity index (χ0v) is 7.74. The summed E-state index contributed by atoms with van der Waals surface area (Å²) >= 11 is 14.0. The average molecular weight is 233 g/mol. The molecule has 12 heavy (non-hydrogen) atoms. The summed E-state index contributed by atoms with van der Waals surface area (Å²) in [5.41, 5.74) is 0. The number of hydrogen-bond donors (Lipinski definition) is 1. The Kier molecular flexibility index (Phi) is 2.81. The molecule has 1 aromatic rings. The van der Waals surface area contributed by atoms with Gasteiger partial charge in [-0.2, -0.15) is 0 Å². The number of thiol groups is 1. The van der Waals surface area contributed by atoms with E-state index in [1.165, 1.54) is 0 Å². The molecular weight excluding hydrogens is 232 g/mol. The van der Waals surface area contributed by atoms with Crippen LogP contribution in [0.4, 0.5) is 13.2 Å². The first kappa shape index (κ1) is 10.0. The SMILES string of the molecule is Fc1c(F)c(Cl)c(S)c(Cl)c1F. The van der Waals surface area contributed by atoms with Gasteiger partial charge in [-0.3, -0.25) is 0 Å². The number of rotatable bonds is 0.